The maximum Gasteiger partial charge on any atom is 0.137 e. The third kappa shape index (κ3) is 1.66. The molecule has 18 heavy (non-hydrogen) atoms. The molecule has 1 aromatic heterocycles. The van der Waals surface area contributed by atoms with Crippen LogP contribution in [0.4, 0.5) is 5.69 Å². The molecule has 3 rings (SSSR count). The van der Waals surface area contributed by atoms with E-state index in [2.05, 4.69) is 31.0 Å². The van der Waals surface area contributed by atoms with Crippen molar-refractivity contribution < 1.29 is 4.42 Å². The van der Waals surface area contributed by atoms with Crippen LogP contribution in [0.3, 0.4) is 0 Å². The average Bonchev–Trinajstić information content (AvgIpc) is 2.67. The number of anilines is 1. The first-order valence-corrected chi connectivity index (χ1v) is 5.99. The maximum atomic E-state index is 5.86. The van der Waals surface area contributed by atoms with E-state index in [0.29, 0.717) is 0 Å². The van der Waals surface area contributed by atoms with Crippen molar-refractivity contribution in [1.29, 1.82) is 0 Å². The van der Waals surface area contributed by atoms with Gasteiger partial charge in [0.05, 0.1) is 0 Å². The lowest BCUT2D eigenvalue weighted by Crippen LogP contribution is -1.95. The van der Waals surface area contributed by atoms with Gasteiger partial charge < -0.3 is 9.73 Å². The summed E-state index contributed by atoms with van der Waals surface area (Å²) >= 11 is 0. The van der Waals surface area contributed by atoms with Gasteiger partial charge in [0, 0.05) is 28.2 Å². The molecule has 0 atom stereocenters. The zero-order chi connectivity index (χ0) is 12.7. The molecule has 0 spiro atoms. The fourth-order valence-corrected chi connectivity index (χ4v) is 2.24. The van der Waals surface area contributed by atoms with Crippen LogP contribution in [0.15, 0.2) is 53.1 Å². The van der Waals surface area contributed by atoms with Crippen molar-refractivity contribution in [3.05, 3.63) is 54.2 Å². The monoisotopic (exact) mass is 237 g/mol. The summed E-state index contributed by atoms with van der Waals surface area (Å²) in [6, 6.07) is 12.3. The first-order valence-electron chi connectivity index (χ1n) is 5.99. The molecule has 0 saturated heterocycles. The topological polar surface area (TPSA) is 25.2 Å². The van der Waals surface area contributed by atoms with E-state index in [1.807, 2.05) is 31.2 Å². The standard InChI is InChI=1S/C16H15NO/c1-10(2)17-14-9-16-13(8-11(14)3)12-6-4-5-7-15(12)18-16/h4-9,17H,1H2,2-3H3. The Balaban J connectivity index is 2.29. The van der Waals surface area contributed by atoms with Gasteiger partial charge in [0.15, 0.2) is 0 Å². The predicted molar refractivity (Wildman–Crippen MR) is 76.9 cm³/mol. The highest BCUT2D eigenvalue weighted by Crippen LogP contribution is 2.32. The highest BCUT2D eigenvalue weighted by atomic mass is 16.3. The third-order valence-electron chi connectivity index (χ3n) is 3.07. The zero-order valence-electron chi connectivity index (χ0n) is 10.6. The lowest BCUT2D eigenvalue weighted by atomic mass is 10.1. The highest BCUT2D eigenvalue weighted by Gasteiger charge is 2.09. The lowest BCUT2D eigenvalue weighted by molar-refractivity contribution is 0.669. The van der Waals surface area contributed by atoms with Crippen molar-refractivity contribution >= 4 is 27.6 Å². The maximum absolute atomic E-state index is 5.86. The van der Waals surface area contributed by atoms with Crippen LogP contribution in [0.2, 0.25) is 0 Å². The van der Waals surface area contributed by atoms with Crippen LogP contribution in [-0.4, -0.2) is 0 Å². The van der Waals surface area contributed by atoms with Gasteiger partial charge in [0.2, 0.25) is 0 Å². The molecule has 2 nitrogen and oxygen atoms in total. The summed E-state index contributed by atoms with van der Waals surface area (Å²) < 4.78 is 5.86. The van der Waals surface area contributed by atoms with Gasteiger partial charge in [-0.2, -0.15) is 0 Å². The molecule has 3 aromatic rings. The first-order chi connectivity index (χ1) is 8.65. The number of hydrogen-bond donors (Lipinski definition) is 1. The molecule has 90 valence electrons. The van der Waals surface area contributed by atoms with E-state index in [1.165, 1.54) is 5.56 Å². The first kappa shape index (κ1) is 10.9. The van der Waals surface area contributed by atoms with Crippen LogP contribution in [0, 0.1) is 6.92 Å². The van der Waals surface area contributed by atoms with E-state index in [0.717, 1.165) is 33.3 Å². The molecular formula is C16H15NO. The Labute approximate surface area is 106 Å². The molecule has 2 heteroatoms. The molecule has 0 unspecified atom stereocenters. The Bertz CT molecular complexity index is 752. The number of benzene rings is 2. The minimum atomic E-state index is 0.908. The van der Waals surface area contributed by atoms with Crippen LogP contribution < -0.4 is 5.32 Å². The number of para-hydroxylation sites is 1. The molecule has 0 radical (unpaired) electrons. The summed E-state index contributed by atoms with van der Waals surface area (Å²) in [5, 5.41) is 5.58. The molecule has 0 saturated carbocycles. The van der Waals surface area contributed by atoms with Crippen LogP contribution in [-0.2, 0) is 0 Å². The number of allylic oxidation sites excluding steroid dienone is 1. The largest absolute Gasteiger partial charge is 0.456 e. The second kappa shape index (κ2) is 3.91. The Kier molecular flexibility index (Phi) is 2.37. The number of fused-ring (bicyclic) bond motifs is 3. The molecule has 0 fully saturated rings. The fraction of sp³-hybridized carbons (Fsp3) is 0.125. The molecule has 0 aliphatic carbocycles. The molecular weight excluding hydrogens is 222 g/mol. The van der Waals surface area contributed by atoms with Crippen molar-refractivity contribution in [2.45, 2.75) is 13.8 Å². The molecule has 2 aromatic carbocycles. The van der Waals surface area contributed by atoms with Crippen molar-refractivity contribution in [3.8, 4) is 0 Å². The van der Waals surface area contributed by atoms with Gasteiger partial charge in [-0.15, -0.1) is 0 Å². The van der Waals surface area contributed by atoms with Crippen molar-refractivity contribution in [1.82, 2.24) is 0 Å². The van der Waals surface area contributed by atoms with E-state index >= 15 is 0 Å². The second-order valence-corrected chi connectivity index (χ2v) is 4.67. The summed E-state index contributed by atoms with van der Waals surface area (Å²) in [4.78, 5) is 0. The van der Waals surface area contributed by atoms with Gasteiger partial charge in [-0.25, -0.2) is 0 Å². The van der Waals surface area contributed by atoms with Crippen molar-refractivity contribution in [3.63, 3.8) is 0 Å². The SMILES string of the molecule is C=C(C)Nc1cc2oc3ccccc3c2cc1C. The van der Waals surface area contributed by atoms with Crippen LogP contribution in [0.1, 0.15) is 12.5 Å². The number of rotatable bonds is 2. The smallest absolute Gasteiger partial charge is 0.137 e. The molecule has 0 aliphatic rings. The Hall–Kier alpha value is -2.22. The summed E-state index contributed by atoms with van der Waals surface area (Å²) in [5.41, 5.74) is 5.00. The minimum absolute atomic E-state index is 0.908. The predicted octanol–water partition coefficient (Wildman–Crippen LogP) is 4.84. The molecule has 0 amide bonds. The summed E-state index contributed by atoms with van der Waals surface area (Å²) in [6.45, 7) is 7.91. The van der Waals surface area contributed by atoms with E-state index in [4.69, 9.17) is 4.42 Å². The fourth-order valence-electron chi connectivity index (χ4n) is 2.24. The van der Waals surface area contributed by atoms with E-state index in [-0.39, 0.29) is 0 Å². The summed E-state index contributed by atoms with van der Waals surface area (Å²) in [6.07, 6.45) is 0. The number of aryl methyl sites for hydroxylation is 1. The van der Waals surface area contributed by atoms with Gasteiger partial charge >= 0.3 is 0 Å². The Morgan fingerprint density at radius 3 is 2.67 bits per heavy atom. The van der Waals surface area contributed by atoms with Gasteiger partial charge in [-0.1, -0.05) is 24.8 Å². The Morgan fingerprint density at radius 1 is 1.11 bits per heavy atom. The van der Waals surface area contributed by atoms with Crippen LogP contribution >= 0.6 is 0 Å². The number of nitrogens with one attached hydrogen (secondary N) is 1. The molecule has 1 heterocycles. The quantitative estimate of drug-likeness (QED) is 0.690. The van der Waals surface area contributed by atoms with Gasteiger partial charge in [-0.3, -0.25) is 0 Å². The van der Waals surface area contributed by atoms with Gasteiger partial charge in [0.25, 0.3) is 0 Å². The summed E-state index contributed by atoms with van der Waals surface area (Å²) in [5.74, 6) is 0. The van der Waals surface area contributed by atoms with Crippen molar-refractivity contribution in [2.24, 2.45) is 0 Å². The molecule has 0 bridgehead atoms. The Morgan fingerprint density at radius 2 is 1.89 bits per heavy atom. The lowest BCUT2D eigenvalue weighted by Gasteiger charge is -2.08. The van der Waals surface area contributed by atoms with E-state index < -0.39 is 0 Å². The second-order valence-electron chi connectivity index (χ2n) is 4.67. The van der Waals surface area contributed by atoms with Crippen LogP contribution in [0.25, 0.3) is 21.9 Å². The minimum Gasteiger partial charge on any atom is -0.456 e. The van der Waals surface area contributed by atoms with E-state index in [1.54, 1.807) is 0 Å². The van der Waals surface area contributed by atoms with E-state index in [9.17, 15) is 0 Å². The van der Waals surface area contributed by atoms with Crippen molar-refractivity contribution in [2.75, 3.05) is 5.32 Å². The van der Waals surface area contributed by atoms with Gasteiger partial charge in [-0.05, 0) is 31.5 Å². The third-order valence-corrected chi connectivity index (χ3v) is 3.07. The zero-order valence-corrected chi connectivity index (χ0v) is 10.6. The number of furan rings is 1. The molecule has 0 aliphatic heterocycles. The highest BCUT2D eigenvalue weighted by molar-refractivity contribution is 6.06. The summed E-state index contributed by atoms with van der Waals surface area (Å²) in [7, 11) is 0. The average molecular weight is 237 g/mol. The molecule has 1 N–H and O–H groups in total. The van der Waals surface area contributed by atoms with Gasteiger partial charge in [0.1, 0.15) is 11.2 Å². The number of hydrogen-bond acceptors (Lipinski definition) is 2. The van der Waals surface area contributed by atoms with Crippen LogP contribution in [0.5, 0.6) is 0 Å². The normalized spacial score (nSPS) is 11.0.